The number of nitrogens with zero attached hydrogens (tertiary/aromatic N) is 1. The van der Waals surface area contributed by atoms with E-state index in [1.54, 1.807) is 0 Å². The number of halogens is 4. The maximum absolute atomic E-state index is 13.5. The third-order valence-corrected chi connectivity index (χ3v) is 3.49. The summed E-state index contributed by atoms with van der Waals surface area (Å²) in [5.74, 6) is -0.741. The van der Waals surface area contributed by atoms with Gasteiger partial charge in [-0.15, -0.1) is 0 Å². The first-order chi connectivity index (χ1) is 8.56. The van der Waals surface area contributed by atoms with Crippen LogP contribution >= 0.6 is 34.8 Å². The molecule has 0 saturated heterocycles. The molecule has 2 aromatic rings. The highest BCUT2D eigenvalue weighted by molar-refractivity contribution is 6.46. The van der Waals surface area contributed by atoms with Crippen LogP contribution in [-0.2, 0) is 0 Å². The van der Waals surface area contributed by atoms with Crippen molar-refractivity contribution in [1.82, 2.24) is 4.98 Å². The van der Waals surface area contributed by atoms with Gasteiger partial charge in [0.15, 0.2) is 12.1 Å². The lowest BCUT2D eigenvalue weighted by atomic mass is 10.0. The number of pyridine rings is 1. The fourth-order valence-electron chi connectivity index (χ4n) is 1.54. The number of aromatic nitrogens is 1. The molecule has 18 heavy (non-hydrogen) atoms. The van der Waals surface area contributed by atoms with Crippen LogP contribution in [0.3, 0.4) is 0 Å². The summed E-state index contributed by atoms with van der Waals surface area (Å²) in [5.41, 5.74) is 0.346. The lowest BCUT2D eigenvalue weighted by Crippen LogP contribution is -1.96. The second-order valence-electron chi connectivity index (χ2n) is 3.42. The monoisotopic (exact) mass is 303 g/mol. The predicted octanol–water partition coefficient (Wildman–Crippen LogP) is 4.66. The molecule has 1 heterocycles. The molecule has 0 spiro atoms. The third kappa shape index (κ3) is 2.21. The van der Waals surface area contributed by atoms with Crippen molar-refractivity contribution in [2.24, 2.45) is 0 Å². The molecular weight excluding hydrogens is 299 g/mol. The van der Waals surface area contributed by atoms with E-state index in [1.807, 2.05) is 0 Å². The Morgan fingerprint density at radius 2 is 1.78 bits per heavy atom. The fraction of sp³-hybridized carbons (Fsp3) is 0. The van der Waals surface area contributed by atoms with Gasteiger partial charge < -0.3 is 0 Å². The van der Waals surface area contributed by atoms with Crippen LogP contribution in [-0.4, -0.2) is 11.3 Å². The van der Waals surface area contributed by atoms with E-state index in [0.717, 1.165) is 6.20 Å². The molecule has 0 aliphatic heterocycles. The number of hydrogen-bond donors (Lipinski definition) is 0. The largest absolute Gasteiger partial charge is 0.298 e. The zero-order valence-corrected chi connectivity index (χ0v) is 11.0. The Hall–Kier alpha value is -1.16. The number of aldehydes is 1. The SMILES string of the molecule is O=Cc1c(F)cncc1-c1c(Cl)ccc(Cl)c1Cl. The van der Waals surface area contributed by atoms with E-state index in [4.69, 9.17) is 34.8 Å². The van der Waals surface area contributed by atoms with Crippen molar-refractivity contribution in [2.45, 2.75) is 0 Å². The van der Waals surface area contributed by atoms with Gasteiger partial charge in [0.05, 0.1) is 26.8 Å². The summed E-state index contributed by atoms with van der Waals surface area (Å²) in [5, 5.41) is 0.678. The molecular formula is C12H5Cl3FNO. The maximum atomic E-state index is 13.5. The van der Waals surface area contributed by atoms with Crippen LogP contribution < -0.4 is 0 Å². The highest BCUT2D eigenvalue weighted by Gasteiger charge is 2.17. The van der Waals surface area contributed by atoms with E-state index >= 15 is 0 Å². The van der Waals surface area contributed by atoms with Crippen LogP contribution in [0.2, 0.25) is 15.1 Å². The number of hydrogen-bond acceptors (Lipinski definition) is 2. The number of rotatable bonds is 2. The molecule has 0 bridgehead atoms. The van der Waals surface area contributed by atoms with Crippen LogP contribution in [0.4, 0.5) is 4.39 Å². The minimum atomic E-state index is -0.741. The van der Waals surface area contributed by atoms with Gasteiger partial charge in [-0.25, -0.2) is 4.39 Å². The quantitative estimate of drug-likeness (QED) is 0.596. The zero-order valence-electron chi connectivity index (χ0n) is 8.75. The Bertz CT molecular complexity index is 631. The molecule has 0 saturated carbocycles. The van der Waals surface area contributed by atoms with Crippen molar-refractivity contribution in [3.63, 3.8) is 0 Å². The van der Waals surface area contributed by atoms with Gasteiger partial charge in [0.2, 0.25) is 0 Å². The van der Waals surface area contributed by atoms with Crippen molar-refractivity contribution >= 4 is 41.1 Å². The summed E-state index contributed by atoms with van der Waals surface area (Å²) in [7, 11) is 0. The molecule has 1 aromatic heterocycles. The molecule has 0 amide bonds. The van der Waals surface area contributed by atoms with E-state index in [9.17, 15) is 9.18 Å². The molecule has 0 radical (unpaired) electrons. The van der Waals surface area contributed by atoms with Gasteiger partial charge in [0.1, 0.15) is 0 Å². The van der Waals surface area contributed by atoms with Crippen LogP contribution in [0.1, 0.15) is 10.4 Å². The normalized spacial score (nSPS) is 10.4. The van der Waals surface area contributed by atoms with Crippen LogP contribution in [0.5, 0.6) is 0 Å². The molecule has 92 valence electrons. The molecule has 1 aromatic carbocycles. The van der Waals surface area contributed by atoms with Crippen molar-refractivity contribution < 1.29 is 9.18 Å². The van der Waals surface area contributed by atoms with Gasteiger partial charge in [-0.05, 0) is 12.1 Å². The van der Waals surface area contributed by atoms with E-state index < -0.39 is 5.82 Å². The highest BCUT2D eigenvalue weighted by Crippen LogP contribution is 2.40. The molecule has 0 unspecified atom stereocenters. The lowest BCUT2D eigenvalue weighted by Gasteiger charge is -2.10. The topological polar surface area (TPSA) is 30.0 Å². The first-order valence-electron chi connectivity index (χ1n) is 4.78. The number of carbonyl (C=O) groups excluding carboxylic acids is 1. The summed E-state index contributed by atoms with van der Waals surface area (Å²) >= 11 is 17.9. The molecule has 2 rings (SSSR count). The average molecular weight is 305 g/mol. The van der Waals surface area contributed by atoms with Gasteiger partial charge in [0, 0.05) is 17.3 Å². The van der Waals surface area contributed by atoms with E-state index in [-0.39, 0.29) is 26.2 Å². The minimum absolute atomic E-state index is 0.152. The summed E-state index contributed by atoms with van der Waals surface area (Å²) < 4.78 is 13.5. The molecule has 0 aliphatic rings. The summed E-state index contributed by atoms with van der Waals surface area (Å²) in [6.45, 7) is 0. The second kappa shape index (κ2) is 5.22. The molecule has 2 nitrogen and oxygen atoms in total. The molecule has 0 N–H and O–H groups in total. The van der Waals surface area contributed by atoms with E-state index in [2.05, 4.69) is 4.98 Å². The van der Waals surface area contributed by atoms with Gasteiger partial charge >= 0.3 is 0 Å². The zero-order chi connectivity index (χ0) is 13.3. The lowest BCUT2D eigenvalue weighted by molar-refractivity contribution is 0.112. The first-order valence-corrected chi connectivity index (χ1v) is 5.92. The van der Waals surface area contributed by atoms with Crippen LogP contribution in [0.25, 0.3) is 11.1 Å². The van der Waals surface area contributed by atoms with Gasteiger partial charge in [0.25, 0.3) is 0 Å². The highest BCUT2D eigenvalue weighted by atomic mass is 35.5. The maximum Gasteiger partial charge on any atom is 0.153 e. The second-order valence-corrected chi connectivity index (χ2v) is 4.61. The number of carbonyl (C=O) groups is 1. The van der Waals surface area contributed by atoms with Crippen molar-refractivity contribution in [1.29, 1.82) is 0 Å². The molecule has 0 aliphatic carbocycles. The Labute approximate surface area is 117 Å². The van der Waals surface area contributed by atoms with E-state index in [1.165, 1.54) is 18.3 Å². The van der Waals surface area contributed by atoms with Crippen molar-refractivity contribution in [3.8, 4) is 11.1 Å². The Kier molecular flexibility index (Phi) is 3.85. The first kappa shape index (κ1) is 13.3. The Morgan fingerprint density at radius 1 is 1.11 bits per heavy atom. The predicted molar refractivity (Wildman–Crippen MR) is 70.0 cm³/mol. The fourth-order valence-corrected chi connectivity index (χ4v) is 2.27. The third-order valence-electron chi connectivity index (χ3n) is 2.37. The summed E-state index contributed by atoms with van der Waals surface area (Å²) in [6.07, 6.45) is 2.65. The van der Waals surface area contributed by atoms with Crippen LogP contribution in [0, 0.1) is 5.82 Å². The Balaban J connectivity index is 2.81. The van der Waals surface area contributed by atoms with E-state index in [0.29, 0.717) is 11.8 Å². The standard InChI is InChI=1S/C12H5Cl3FNO/c13-8-1-2-9(14)12(15)11(8)6-3-17-4-10(16)7(6)5-18/h1-5H. The van der Waals surface area contributed by atoms with Gasteiger partial charge in [-0.3, -0.25) is 9.78 Å². The smallest absolute Gasteiger partial charge is 0.153 e. The van der Waals surface area contributed by atoms with Gasteiger partial charge in [-0.1, -0.05) is 34.8 Å². The summed E-state index contributed by atoms with van der Waals surface area (Å²) in [6, 6.07) is 3.04. The van der Waals surface area contributed by atoms with Gasteiger partial charge in [-0.2, -0.15) is 0 Å². The molecule has 0 atom stereocenters. The van der Waals surface area contributed by atoms with Crippen molar-refractivity contribution in [2.75, 3.05) is 0 Å². The molecule has 6 heteroatoms. The molecule has 0 fully saturated rings. The summed E-state index contributed by atoms with van der Waals surface area (Å²) in [4.78, 5) is 14.6. The number of benzene rings is 1. The Morgan fingerprint density at radius 3 is 2.44 bits per heavy atom. The average Bonchev–Trinajstić information content (AvgIpc) is 2.35. The minimum Gasteiger partial charge on any atom is -0.298 e. The van der Waals surface area contributed by atoms with Crippen molar-refractivity contribution in [3.05, 3.63) is 51.0 Å². The van der Waals surface area contributed by atoms with Crippen LogP contribution in [0.15, 0.2) is 24.5 Å².